The van der Waals surface area contributed by atoms with Gasteiger partial charge in [-0.1, -0.05) is 30.3 Å². The van der Waals surface area contributed by atoms with E-state index in [9.17, 15) is 9.59 Å². The highest BCUT2D eigenvalue weighted by molar-refractivity contribution is 6.11. The highest BCUT2D eigenvalue weighted by Crippen LogP contribution is 2.38. The highest BCUT2D eigenvalue weighted by atomic mass is 16.5. The number of pyridine rings is 1. The van der Waals surface area contributed by atoms with E-state index in [0.29, 0.717) is 41.2 Å². The standard InChI is InChI=1S/C30H26N2O5/c1-35-23-10-11-27(36-2)26(17-23)28(33)20-6-8-21(9-7-20)30(34)32-18-24-16-22-4-3-5-25(29(22)37-24)19-12-14-31-15-13-19/h3-15,17,24H,16,18H2,1-2H3,(H,32,34)/t24-/m0/s1. The van der Waals surface area contributed by atoms with Crippen LogP contribution in [0.15, 0.2) is 85.2 Å². The topological polar surface area (TPSA) is 86.8 Å². The van der Waals surface area contributed by atoms with Gasteiger partial charge in [-0.3, -0.25) is 14.6 Å². The molecular weight excluding hydrogens is 468 g/mol. The Bertz CT molecular complexity index is 1430. The molecule has 37 heavy (non-hydrogen) atoms. The molecule has 0 saturated carbocycles. The van der Waals surface area contributed by atoms with Crippen LogP contribution in [-0.2, 0) is 6.42 Å². The van der Waals surface area contributed by atoms with Crippen LogP contribution in [0.2, 0.25) is 0 Å². The van der Waals surface area contributed by atoms with Gasteiger partial charge in [0.2, 0.25) is 0 Å². The molecule has 0 unspecified atom stereocenters. The fourth-order valence-corrected chi connectivity index (χ4v) is 4.44. The summed E-state index contributed by atoms with van der Waals surface area (Å²) < 4.78 is 16.8. The quantitative estimate of drug-likeness (QED) is 0.357. The Morgan fingerprint density at radius 3 is 2.43 bits per heavy atom. The van der Waals surface area contributed by atoms with Gasteiger partial charge in [-0.15, -0.1) is 0 Å². The third-order valence-corrected chi connectivity index (χ3v) is 6.37. The molecule has 1 aliphatic heterocycles. The van der Waals surface area contributed by atoms with Crippen molar-refractivity contribution in [2.75, 3.05) is 20.8 Å². The van der Waals surface area contributed by atoms with Crippen molar-refractivity contribution in [2.24, 2.45) is 0 Å². The zero-order valence-electron chi connectivity index (χ0n) is 20.6. The van der Waals surface area contributed by atoms with E-state index in [4.69, 9.17) is 14.2 Å². The van der Waals surface area contributed by atoms with Gasteiger partial charge >= 0.3 is 0 Å². The summed E-state index contributed by atoms with van der Waals surface area (Å²) in [6, 6.07) is 21.6. The van der Waals surface area contributed by atoms with Crippen molar-refractivity contribution >= 4 is 11.7 Å². The predicted molar refractivity (Wildman–Crippen MR) is 140 cm³/mol. The number of fused-ring (bicyclic) bond motifs is 1. The number of carbonyl (C=O) groups excluding carboxylic acids is 2. The lowest BCUT2D eigenvalue weighted by atomic mass is 10.0. The zero-order chi connectivity index (χ0) is 25.8. The normalized spacial score (nSPS) is 13.8. The fourth-order valence-electron chi connectivity index (χ4n) is 4.44. The molecule has 0 spiro atoms. The fraction of sp³-hybridized carbons (Fsp3) is 0.167. The van der Waals surface area contributed by atoms with E-state index in [-0.39, 0.29) is 17.8 Å². The largest absolute Gasteiger partial charge is 0.497 e. The molecule has 2 heterocycles. The molecule has 5 rings (SSSR count). The van der Waals surface area contributed by atoms with Crippen molar-refractivity contribution in [3.63, 3.8) is 0 Å². The van der Waals surface area contributed by atoms with E-state index in [1.165, 1.54) is 7.11 Å². The molecule has 0 bridgehead atoms. The number of amides is 1. The number of aromatic nitrogens is 1. The van der Waals surface area contributed by atoms with E-state index >= 15 is 0 Å². The molecule has 4 aromatic rings. The van der Waals surface area contributed by atoms with E-state index in [1.807, 2.05) is 24.3 Å². The number of methoxy groups -OCH3 is 2. The summed E-state index contributed by atoms with van der Waals surface area (Å²) >= 11 is 0. The Morgan fingerprint density at radius 2 is 1.70 bits per heavy atom. The smallest absolute Gasteiger partial charge is 0.251 e. The Kier molecular flexibility index (Phi) is 6.85. The van der Waals surface area contributed by atoms with Crippen LogP contribution in [0.4, 0.5) is 0 Å². The summed E-state index contributed by atoms with van der Waals surface area (Å²) in [5.74, 6) is 1.42. The Balaban J connectivity index is 1.23. The van der Waals surface area contributed by atoms with Crippen LogP contribution in [-0.4, -0.2) is 43.5 Å². The van der Waals surface area contributed by atoms with Gasteiger partial charge in [0.1, 0.15) is 23.4 Å². The van der Waals surface area contributed by atoms with Crippen LogP contribution in [0, 0.1) is 0 Å². The van der Waals surface area contributed by atoms with E-state index in [2.05, 4.69) is 16.4 Å². The Morgan fingerprint density at radius 1 is 0.946 bits per heavy atom. The maximum atomic E-state index is 13.1. The van der Waals surface area contributed by atoms with Crippen LogP contribution in [0.25, 0.3) is 11.1 Å². The van der Waals surface area contributed by atoms with E-state index in [0.717, 1.165) is 22.4 Å². The number of para-hydroxylation sites is 1. The van der Waals surface area contributed by atoms with Crippen LogP contribution in [0.5, 0.6) is 17.2 Å². The third kappa shape index (κ3) is 5.02. The van der Waals surface area contributed by atoms with Gasteiger partial charge in [0, 0.05) is 35.5 Å². The molecule has 0 radical (unpaired) electrons. The van der Waals surface area contributed by atoms with E-state index < -0.39 is 0 Å². The van der Waals surface area contributed by atoms with Crippen LogP contribution < -0.4 is 19.5 Å². The molecular formula is C30H26N2O5. The molecule has 186 valence electrons. The molecule has 0 saturated heterocycles. The van der Waals surface area contributed by atoms with Gasteiger partial charge in [0.25, 0.3) is 5.91 Å². The van der Waals surface area contributed by atoms with Crippen molar-refractivity contribution in [3.8, 4) is 28.4 Å². The second-order valence-electron chi connectivity index (χ2n) is 8.66. The molecule has 1 amide bonds. The molecule has 1 N–H and O–H groups in total. The van der Waals surface area contributed by atoms with Crippen molar-refractivity contribution < 1.29 is 23.8 Å². The van der Waals surface area contributed by atoms with Gasteiger partial charge in [0.15, 0.2) is 5.78 Å². The van der Waals surface area contributed by atoms with Gasteiger partial charge in [0.05, 0.1) is 26.3 Å². The molecule has 3 aromatic carbocycles. The number of ether oxygens (including phenoxy) is 3. The lowest BCUT2D eigenvalue weighted by molar-refractivity contribution is 0.0932. The summed E-state index contributed by atoms with van der Waals surface area (Å²) in [6.45, 7) is 0.366. The van der Waals surface area contributed by atoms with Gasteiger partial charge in [-0.05, 0) is 53.6 Å². The van der Waals surface area contributed by atoms with Gasteiger partial charge in [-0.25, -0.2) is 0 Å². The first-order valence-corrected chi connectivity index (χ1v) is 11.9. The molecule has 7 heteroatoms. The number of nitrogens with zero attached hydrogens (tertiary/aromatic N) is 1. The monoisotopic (exact) mass is 494 g/mol. The summed E-state index contributed by atoms with van der Waals surface area (Å²) in [7, 11) is 3.05. The minimum atomic E-state index is -0.230. The summed E-state index contributed by atoms with van der Waals surface area (Å²) in [4.78, 5) is 29.9. The van der Waals surface area contributed by atoms with E-state index in [1.54, 1.807) is 62.0 Å². The van der Waals surface area contributed by atoms with Gasteiger partial charge in [-0.2, -0.15) is 0 Å². The molecule has 1 aliphatic rings. The van der Waals surface area contributed by atoms with Crippen LogP contribution >= 0.6 is 0 Å². The molecule has 1 atom stereocenters. The second-order valence-corrected chi connectivity index (χ2v) is 8.66. The number of carbonyl (C=O) groups is 2. The first-order valence-electron chi connectivity index (χ1n) is 11.9. The molecule has 1 aromatic heterocycles. The van der Waals surface area contributed by atoms with Gasteiger partial charge < -0.3 is 19.5 Å². The number of benzene rings is 3. The highest BCUT2D eigenvalue weighted by Gasteiger charge is 2.26. The number of ketones is 1. The molecule has 7 nitrogen and oxygen atoms in total. The number of hydrogen-bond donors (Lipinski definition) is 1. The van der Waals surface area contributed by atoms with Crippen LogP contribution in [0.3, 0.4) is 0 Å². The Hall–Kier alpha value is -4.65. The molecule has 0 aliphatic carbocycles. The SMILES string of the molecule is COc1ccc(OC)c(C(=O)c2ccc(C(=O)NC[C@@H]3Cc4cccc(-c5ccncc5)c4O3)cc2)c1. The molecule has 0 fully saturated rings. The first kappa shape index (κ1) is 24.1. The first-order chi connectivity index (χ1) is 18.1. The average Bonchev–Trinajstić information content (AvgIpc) is 3.39. The van der Waals surface area contributed by atoms with Crippen molar-refractivity contribution in [1.82, 2.24) is 10.3 Å². The maximum Gasteiger partial charge on any atom is 0.251 e. The minimum absolute atomic E-state index is 0.164. The summed E-state index contributed by atoms with van der Waals surface area (Å²) in [5, 5.41) is 2.95. The zero-order valence-corrected chi connectivity index (χ0v) is 20.6. The van der Waals surface area contributed by atoms with Crippen molar-refractivity contribution in [3.05, 3.63) is 107 Å². The number of nitrogens with one attached hydrogen (secondary N) is 1. The second kappa shape index (κ2) is 10.5. The lowest BCUT2D eigenvalue weighted by Crippen LogP contribution is -2.34. The number of hydrogen-bond acceptors (Lipinski definition) is 6. The van der Waals surface area contributed by atoms with Crippen molar-refractivity contribution in [2.45, 2.75) is 12.5 Å². The predicted octanol–water partition coefficient (Wildman–Crippen LogP) is 4.73. The third-order valence-electron chi connectivity index (χ3n) is 6.37. The maximum absolute atomic E-state index is 13.1. The number of rotatable bonds is 8. The summed E-state index contributed by atoms with van der Waals surface area (Å²) in [6.07, 6.45) is 4.06. The lowest BCUT2D eigenvalue weighted by Gasteiger charge is -2.14. The van der Waals surface area contributed by atoms with Crippen LogP contribution in [0.1, 0.15) is 31.8 Å². The van der Waals surface area contributed by atoms with Crippen molar-refractivity contribution in [1.29, 1.82) is 0 Å². The minimum Gasteiger partial charge on any atom is -0.497 e. The Labute approximate surface area is 215 Å². The summed E-state index contributed by atoms with van der Waals surface area (Å²) in [5.41, 5.74) is 4.47. The average molecular weight is 495 g/mol.